The summed E-state index contributed by atoms with van der Waals surface area (Å²) in [5.74, 6) is 3.30. The van der Waals surface area contributed by atoms with Gasteiger partial charge in [-0.1, -0.05) is 72.8 Å². The second-order valence-corrected chi connectivity index (χ2v) is 9.55. The first kappa shape index (κ1) is 27.2. The van der Waals surface area contributed by atoms with Gasteiger partial charge in [0.2, 0.25) is 5.75 Å². The fraction of sp³-hybridized carbons (Fsp3) is 0.235. The molecule has 1 unspecified atom stereocenters. The lowest BCUT2D eigenvalue weighted by Crippen LogP contribution is -2.28. The van der Waals surface area contributed by atoms with Crippen LogP contribution in [0.2, 0.25) is 0 Å². The van der Waals surface area contributed by atoms with Crippen LogP contribution in [-0.2, 0) is 19.6 Å². The number of benzene rings is 4. The van der Waals surface area contributed by atoms with Crippen LogP contribution < -0.4 is 29.0 Å². The molecular weight excluding hydrogens is 502 g/mol. The highest BCUT2D eigenvalue weighted by Crippen LogP contribution is 2.40. The zero-order valence-electron chi connectivity index (χ0n) is 23.2. The van der Waals surface area contributed by atoms with Gasteiger partial charge in [0.05, 0.1) is 27.4 Å². The van der Waals surface area contributed by atoms with Gasteiger partial charge in [-0.15, -0.1) is 0 Å². The van der Waals surface area contributed by atoms with Crippen molar-refractivity contribution in [3.63, 3.8) is 0 Å². The van der Waals surface area contributed by atoms with E-state index in [2.05, 4.69) is 41.7 Å². The molecule has 0 saturated heterocycles. The number of methoxy groups -OCH3 is 3. The molecule has 6 heteroatoms. The fourth-order valence-corrected chi connectivity index (χ4v) is 4.85. The van der Waals surface area contributed by atoms with E-state index in [0.29, 0.717) is 30.5 Å². The fourth-order valence-electron chi connectivity index (χ4n) is 4.85. The standard InChI is InChI=1S/C34H35NO5/c1-36-30-21-28-27(20-31(30)39-22-24-10-6-4-7-11-24)16-17-35-29(28)15-14-26-18-32(37-2)34(33(19-26)38-3)40-23-25-12-8-5-9-13-25/h4-15,18-21,29,35H,16-17,22-23H2,1-3H3. The van der Waals surface area contributed by atoms with Gasteiger partial charge < -0.3 is 29.0 Å². The van der Waals surface area contributed by atoms with Gasteiger partial charge in [-0.25, -0.2) is 0 Å². The van der Waals surface area contributed by atoms with Crippen LogP contribution in [0, 0.1) is 0 Å². The second-order valence-electron chi connectivity index (χ2n) is 9.55. The van der Waals surface area contributed by atoms with E-state index < -0.39 is 0 Å². The van der Waals surface area contributed by atoms with Crippen molar-refractivity contribution >= 4 is 6.08 Å². The number of hydrogen-bond acceptors (Lipinski definition) is 6. The summed E-state index contributed by atoms with van der Waals surface area (Å²) in [5, 5.41) is 3.61. The average molecular weight is 538 g/mol. The van der Waals surface area contributed by atoms with Gasteiger partial charge in [-0.3, -0.25) is 0 Å². The molecule has 0 spiro atoms. The van der Waals surface area contributed by atoms with E-state index >= 15 is 0 Å². The van der Waals surface area contributed by atoms with Crippen LogP contribution in [0.25, 0.3) is 6.08 Å². The summed E-state index contributed by atoms with van der Waals surface area (Å²) in [6.45, 7) is 1.78. The monoisotopic (exact) mass is 537 g/mol. The molecule has 0 radical (unpaired) electrons. The van der Waals surface area contributed by atoms with Crippen LogP contribution in [0.5, 0.6) is 28.7 Å². The van der Waals surface area contributed by atoms with Crippen LogP contribution in [0.15, 0.2) is 91.0 Å². The predicted octanol–water partition coefficient (Wildman–Crippen LogP) is 6.77. The van der Waals surface area contributed by atoms with E-state index in [1.54, 1.807) is 21.3 Å². The summed E-state index contributed by atoms with van der Waals surface area (Å²) in [5.41, 5.74) is 5.56. The van der Waals surface area contributed by atoms with Gasteiger partial charge >= 0.3 is 0 Å². The topological polar surface area (TPSA) is 58.2 Å². The average Bonchev–Trinajstić information content (AvgIpc) is 3.02. The molecule has 0 aliphatic carbocycles. The number of rotatable bonds is 11. The Bertz CT molecular complexity index is 1410. The number of fused-ring (bicyclic) bond motifs is 1. The van der Waals surface area contributed by atoms with E-state index in [-0.39, 0.29) is 6.04 Å². The van der Waals surface area contributed by atoms with Crippen molar-refractivity contribution in [1.82, 2.24) is 5.32 Å². The predicted molar refractivity (Wildman–Crippen MR) is 158 cm³/mol. The molecule has 1 aliphatic rings. The van der Waals surface area contributed by atoms with Crippen LogP contribution >= 0.6 is 0 Å². The Kier molecular flexibility index (Phi) is 8.89. The number of hydrogen-bond donors (Lipinski definition) is 1. The largest absolute Gasteiger partial charge is 0.493 e. The second kappa shape index (κ2) is 13.1. The molecule has 40 heavy (non-hydrogen) atoms. The van der Waals surface area contributed by atoms with Gasteiger partial charge in [-0.2, -0.15) is 0 Å². The molecule has 5 rings (SSSR count). The molecule has 1 N–H and O–H groups in total. The minimum Gasteiger partial charge on any atom is -0.493 e. The van der Waals surface area contributed by atoms with E-state index in [1.807, 2.05) is 60.7 Å². The third-order valence-corrected chi connectivity index (χ3v) is 6.95. The zero-order chi connectivity index (χ0) is 27.7. The molecule has 0 amide bonds. The molecule has 4 aromatic carbocycles. The first-order valence-corrected chi connectivity index (χ1v) is 13.4. The Balaban J connectivity index is 1.35. The highest BCUT2D eigenvalue weighted by Gasteiger charge is 2.21. The first-order chi connectivity index (χ1) is 19.7. The molecule has 0 fully saturated rings. The number of ether oxygens (including phenoxy) is 5. The molecule has 4 aromatic rings. The van der Waals surface area contributed by atoms with E-state index in [9.17, 15) is 0 Å². The summed E-state index contributed by atoms with van der Waals surface area (Å²) >= 11 is 0. The summed E-state index contributed by atoms with van der Waals surface area (Å²) in [7, 11) is 4.96. The Morgan fingerprint density at radius 1 is 0.700 bits per heavy atom. The van der Waals surface area contributed by atoms with Crippen LogP contribution in [0.3, 0.4) is 0 Å². The highest BCUT2D eigenvalue weighted by molar-refractivity contribution is 5.63. The zero-order valence-corrected chi connectivity index (χ0v) is 23.2. The SMILES string of the molecule is COc1cc2c(cc1OCc1ccccc1)CCNC2C=Cc1cc(OC)c(OCc2ccccc2)c(OC)c1. The van der Waals surface area contributed by atoms with Crippen molar-refractivity contribution < 1.29 is 23.7 Å². The van der Waals surface area contributed by atoms with Gasteiger partial charge in [0.25, 0.3) is 0 Å². The Morgan fingerprint density at radius 3 is 1.90 bits per heavy atom. The molecule has 1 heterocycles. The summed E-state index contributed by atoms with van der Waals surface area (Å²) < 4.78 is 29.3. The van der Waals surface area contributed by atoms with E-state index in [4.69, 9.17) is 23.7 Å². The third kappa shape index (κ3) is 6.41. The molecule has 1 atom stereocenters. The van der Waals surface area contributed by atoms with Gasteiger partial charge in [0.15, 0.2) is 23.0 Å². The lowest BCUT2D eigenvalue weighted by atomic mass is 9.93. The Labute approximate surface area is 236 Å². The van der Waals surface area contributed by atoms with Crippen molar-refractivity contribution in [2.24, 2.45) is 0 Å². The minimum atomic E-state index is 0.0202. The normalized spacial score (nSPS) is 14.4. The summed E-state index contributed by atoms with van der Waals surface area (Å²) in [6, 6.07) is 28.3. The van der Waals surface area contributed by atoms with E-state index in [1.165, 1.54) is 11.1 Å². The van der Waals surface area contributed by atoms with Crippen LogP contribution in [0.4, 0.5) is 0 Å². The van der Waals surface area contributed by atoms with E-state index in [0.717, 1.165) is 41.2 Å². The summed E-state index contributed by atoms with van der Waals surface area (Å²) in [4.78, 5) is 0. The maximum Gasteiger partial charge on any atom is 0.203 e. The van der Waals surface area contributed by atoms with Crippen molar-refractivity contribution in [2.45, 2.75) is 25.7 Å². The van der Waals surface area contributed by atoms with Crippen molar-refractivity contribution in [2.75, 3.05) is 27.9 Å². The van der Waals surface area contributed by atoms with Crippen molar-refractivity contribution in [1.29, 1.82) is 0 Å². The molecule has 0 saturated carbocycles. The van der Waals surface area contributed by atoms with Crippen molar-refractivity contribution in [3.8, 4) is 28.7 Å². The smallest absolute Gasteiger partial charge is 0.203 e. The highest BCUT2D eigenvalue weighted by atomic mass is 16.5. The Morgan fingerprint density at radius 2 is 1.30 bits per heavy atom. The quantitative estimate of drug-likeness (QED) is 0.228. The molecule has 0 bridgehead atoms. The van der Waals surface area contributed by atoms with Gasteiger partial charge in [0, 0.05) is 6.54 Å². The van der Waals surface area contributed by atoms with Crippen LogP contribution in [-0.4, -0.2) is 27.9 Å². The van der Waals surface area contributed by atoms with Gasteiger partial charge in [-0.05, 0) is 58.5 Å². The minimum absolute atomic E-state index is 0.0202. The summed E-state index contributed by atoms with van der Waals surface area (Å²) in [6.07, 6.45) is 5.15. The molecule has 0 aromatic heterocycles. The molecular formula is C34H35NO5. The lowest BCUT2D eigenvalue weighted by molar-refractivity contribution is 0.266. The first-order valence-electron chi connectivity index (χ1n) is 13.4. The lowest BCUT2D eigenvalue weighted by Gasteiger charge is -2.26. The molecule has 1 aliphatic heterocycles. The third-order valence-electron chi connectivity index (χ3n) is 6.95. The Hall–Kier alpha value is -4.42. The van der Waals surface area contributed by atoms with Crippen LogP contribution in [0.1, 0.15) is 33.9 Å². The van der Waals surface area contributed by atoms with Gasteiger partial charge in [0.1, 0.15) is 13.2 Å². The molecule has 6 nitrogen and oxygen atoms in total. The van der Waals surface area contributed by atoms with Crippen molar-refractivity contribution in [3.05, 3.63) is 119 Å². The maximum absolute atomic E-state index is 6.15. The molecule has 206 valence electrons. The number of nitrogens with one attached hydrogen (secondary N) is 1. The maximum atomic E-state index is 6.15.